The quantitative estimate of drug-likeness (QED) is 0.0674. The van der Waals surface area contributed by atoms with Gasteiger partial charge < -0.3 is 14.0 Å². The van der Waals surface area contributed by atoms with E-state index in [0.717, 1.165) is 22.3 Å². The molecule has 9 heteroatoms. The van der Waals surface area contributed by atoms with Gasteiger partial charge >= 0.3 is 6.09 Å². The van der Waals surface area contributed by atoms with Gasteiger partial charge in [-0.25, -0.2) is 4.79 Å². The highest BCUT2D eigenvalue weighted by Crippen LogP contribution is 2.57. The van der Waals surface area contributed by atoms with E-state index in [1.807, 2.05) is 78.9 Å². The van der Waals surface area contributed by atoms with Crippen LogP contribution in [0.3, 0.4) is 0 Å². The Balaban J connectivity index is 1.36. The maximum atomic E-state index is 14.6. The van der Waals surface area contributed by atoms with Gasteiger partial charge in [-0.2, -0.15) is 0 Å². The number of hydrogen-bond donors (Lipinski definition) is 0. The van der Waals surface area contributed by atoms with Crippen LogP contribution >= 0.6 is 11.8 Å². The molecule has 0 spiro atoms. The number of Topliss-reactive ketones (excluding diaryl/α,β-unsaturated/α-hetero) is 1. The van der Waals surface area contributed by atoms with Gasteiger partial charge in [0.25, 0.3) is 0 Å². The molecule has 50 heavy (non-hydrogen) atoms. The summed E-state index contributed by atoms with van der Waals surface area (Å²) in [6.07, 6.45) is -0.0475. The first kappa shape index (κ1) is 35.5. The van der Waals surface area contributed by atoms with Crippen molar-refractivity contribution in [3.63, 3.8) is 0 Å². The second kappa shape index (κ2) is 14.1. The highest BCUT2D eigenvalue weighted by atomic mass is 32.2. The molecule has 3 atom stereocenters. The van der Waals surface area contributed by atoms with Gasteiger partial charge in [-0.3, -0.25) is 14.5 Å². The normalized spacial score (nSPS) is 19.3. The number of rotatable bonds is 11. The largest absolute Gasteiger partial charge is 0.497 e. The summed E-state index contributed by atoms with van der Waals surface area (Å²) in [7, 11) is -0.865. The van der Waals surface area contributed by atoms with Crippen molar-refractivity contribution in [3.05, 3.63) is 138 Å². The lowest BCUT2D eigenvalue weighted by Gasteiger charge is -2.60. The van der Waals surface area contributed by atoms with Crippen molar-refractivity contribution in [2.45, 2.75) is 68.1 Å². The molecule has 0 N–H and O–H groups in total. The third-order valence-electron chi connectivity index (χ3n) is 10.7. The molecule has 2 heterocycles. The van der Waals surface area contributed by atoms with Gasteiger partial charge in [0.2, 0.25) is 5.91 Å². The van der Waals surface area contributed by atoms with Crippen LogP contribution in [0.4, 0.5) is 4.79 Å². The molecule has 0 unspecified atom stereocenters. The molecule has 2 aliphatic heterocycles. The van der Waals surface area contributed by atoms with Gasteiger partial charge in [-0.1, -0.05) is 137 Å². The molecule has 7 nitrogen and oxygen atoms in total. The van der Waals surface area contributed by atoms with E-state index >= 15 is 0 Å². The Morgan fingerprint density at radius 3 is 1.72 bits per heavy atom. The molecule has 0 saturated carbocycles. The Labute approximate surface area is 301 Å². The van der Waals surface area contributed by atoms with Crippen molar-refractivity contribution in [1.29, 1.82) is 0 Å². The van der Waals surface area contributed by atoms with E-state index in [-0.39, 0.29) is 23.3 Å². The van der Waals surface area contributed by atoms with Crippen LogP contribution in [0.5, 0.6) is 5.75 Å². The van der Waals surface area contributed by atoms with E-state index in [1.54, 1.807) is 18.9 Å². The van der Waals surface area contributed by atoms with Crippen molar-refractivity contribution in [1.82, 2.24) is 9.47 Å². The van der Waals surface area contributed by atoms with E-state index in [4.69, 9.17) is 9.47 Å². The number of nitrogens with zero attached hydrogens (tertiary/aromatic N) is 2. The minimum absolute atomic E-state index is 0.0774. The minimum Gasteiger partial charge on any atom is -0.497 e. The molecule has 260 valence electrons. The van der Waals surface area contributed by atoms with Crippen LogP contribution in [-0.2, 0) is 25.7 Å². The number of thioether (sulfide) groups is 1. The SMILES string of the molecule is COc1ccc(COC(=O)N2CC[C@H]2C(=O)[C@H]2C(=O)N([Si](C)(C)C(C)(C)C)[C@@H]2SC(c2ccccc2)(c2ccccc2)c2ccccc2)cc1. The maximum Gasteiger partial charge on any atom is 0.410 e. The predicted octanol–water partition coefficient (Wildman–Crippen LogP) is 8.49. The van der Waals surface area contributed by atoms with Crippen LogP contribution in [0, 0.1) is 5.92 Å². The van der Waals surface area contributed by atoms with Crippen LogP contribution in [0.1, 0.15) is 49.4 Å². The molecule has 6 rings (SSSR count). The Bertz CT molecular complexity index is 1720. The monoisotopic (exact) mass is 706 g/mol. The number of likely N-dealkylation sites (tertiary alicyclic amines) is 1. The summed E-state index contributed by atoms with van der Waals surface area (Å²) < 4.78 is 12.2. The zero-order valence-electron chi connectivity index (χ0n) is 29.7. The lowest BCUT2D eigenvalue weighted by molar-refractivity contribution is -0.153. The summed E-state index contributed by atoms with van der Waals surface area (Å²) in [4.78, 5) is 43.8. The first-order valence-electron chi connectivity index (χ1n) is 17.2. The molecule has 0 bridgehead atoms. The van der Waals surface area contributed by atoms with Crippen LogP contribution in [0.2, 0.25) is 18.1 Å². The maximum absolute atomic E-state index is 14.6. The standard InChI is InChI=1S/C41H46N2O5SSi/c1-40(2,3)50(5,6)43-37(45)35(36(44)34-26-27-42(34)39(46)48-28-29-22-24-33(47-4)25-23-29)38(43)49-41(30-16-10-7-11-17-30,31-18-12-8-13-19-31)32-20-14-9-15-21-32/h7-25,34-35,38H,26-28H2,1-6H3/t34-,35-,38+/m0/s1. The minimum atomic E-state index is -2.46. The second-order valence-electron chi connectivity index (χ2n) is 14.6. The number of methoxy groups -OCH3 is 1. The van der Waals surface area contributed by atoms with Gasteiger partial charge in [0.1, 0.15) is 18.3 Å². The van der Waals surface area contributed by atoms with Crippen molar-refractivity contribution in [2.75, 3.05) is 13.7 Å². The smallest absolute Gasteiger partial charge is 0.410 e. The molecule has 2 amide bonds. The summed E-state index contributed by atoms with van der Waals surface area (Å²) in [5.74, 6) is -0.528. The van der Waals surface area contributed by atoms with E-state index in [9.17, 15) is 14.4 Å². The highest BCUT2D eigenvalue weighted by Gasteiger charge is 2.63. The summed E-state index contributed by atoms with van der Waals surface area (Å²) in [5, 5.41) is -0.604. The first-order valence-corrected chi connectivity index (χ1v) is 21.0. The third-order valence-corrected chi connectivity index (χ3v) is 18.1. The van der Waals surface area contributed by atoms with Crippen molar-refractivity contribution in [3.8, 4) is 5.75 Å². The molecular weight excluding hydrogens is 661 g/mol. The third kappa shape index (κ3) is 6.37. The van der Waals surface area contributed by atoms with Crippen LogP contribution < -0.4 is 4.74 Å². The number of ketones is 1. The Kier molecular flexibility index (Phi) is 10.0. The van der Waals surface area contributed by atoms with Crippen molar-refractivity contribution < 1.29 is 23.9 Å². The molecule has 2 aliphatic rings. The van der Waals surface area contributed by atoms with Crippen molar-refractivity contribution in [2.24, 2.45) is 5.92 Å². The van der Waals surface area contributed by atoms with Crippen LogP contribution in [0.15, 0.2) is 115 Å². The molecular formula is C41H46N2O5SSi. The number of carbonyl (C=O) groups excluding carboxylic acids is 3. The lowest BCUT2D eigenvalue weighted by atomic mass is 9.84. The fraction of sp³-hybridized carbons (Fsp3) is 0.341. The van der Waals surface area contributed by atoms with Crippen LogP contribution in [-0.4, -0.2) is 60.6 Å². The Morgan fingerprint density at radius 2 is 1.30 bits per heavy atom. The molecule has 4 aromatic carbocycles. The van der Waals surface area contributed by atoms with Gasteiger partial charge in [0.05, 0.1) is 23.3 Å². The molecule has 0 radical (unpaired) electrons. The average molecular weight is 707 g/mol. The number of β-lactam (4-membered cyclic amide) rings is 1. The first-order chi connectivity index (χ1) is 23.9. The fourth-order valence-electron chi connectivity index (χ4n) is 6.76. The van der Waals surface area contributed by atoms with Gasteiger partial charge in [-0.05, 0) is 45.8 Å². The second-order valence-corrected chi connectivity index (χ2v) is 21.0. The topological polar surface area (TPSA) is 76.1 Å². The average Bonchev–Trinajstić information content (AvgIpc) is 3.09. The zero-order valence-corrected chi connectivity index (χ0v) is 31.5. The number of benzene rings is 4. The van der Waals surface area contributed by atoms with Crippen molar-refractivity contribution >= 4 is 37.8 Å². The molecule has 2 fully saturated rings. The van der Waals surface area contributed by atoms with E-state index in [1.165, 1.54) is 4.90 Å². The number of hydrogen-bond acceptors (Lipinski definition) is 6. The zero-order chi connectivity index (χ0) is 35.7. The van der Waals surface area contributed by atoms with E-state index in [0.29, 0.717) is 18.7 Å². The molecule has 0 aromatic heterocycles. The summed E-state index contributed by atoms with van der Waals surface area (Å²) in [6.45, 7) is 11.5. The summed E-state index contributed by atoms with van der Waals surface area (Å²) in [5.41, 5.74) is 4.01. The summed E-state index contributed by atoms with van der Waals surface area (Å²) in [6, 6.07) is 37.7. The van der Waals surface area contributed by atoms with Gasteiger partial charge in [0, 0.05) is 6.54 Å². The Morgan fingerprint density at radius 1 is 0.800 bits per heavy atom. The lowest BCUT2D eigenvalue weighted by Crippen LogP contribution is -2.75. The highest BCUT2D eigenvalue weighted by molar-refractivity contribution is 8.01. The van der Waals surface area contributed by atoms with Gasteiger partial charge in [0.15, 0.2) is 14.0 Å². The number of carbonyl (C=O) groups is 3. The Hall–Kier alpha value is -4.34. The molecule has 4 aromatic rings. The van der Waals surface area contributed by atoms with E-state index in [2.05, 4.69) is 74.8 Å². The fourth-order valence-corrected chi connectivity index (χ4v) is 11.7. The number of amides is 2. The molecule has 0 aliphatic carbocycles. The van der Waals surface area contributed by atoms with E-state index < -0.39 is 36.4 Å². The number of ether oxygens (including phenoxy) is 2. The summed E-state index contributed by atoms with van der Waals surface area (Å²) >= 11 is 1.68. The predicted molar refractivity (Wildman–Crippen MR) is 201 cm³/mol. The van der Waals surface area contributed by atoms with Gasteiger partial charge in [-0.15, -0.1) is 11.8 Å². The van der Waals surface area contributed by atoms with Crippen LogP contribution in [0.25, 0.3) is 0 Å². The molecule has 2 saturated heterocycles.